The monoisotopic (exact) mass is 223 g/mol. The van der Waals surface area contributed by atoms with Crippen molar-refractivity contribution in [2.24, 2.45) is 0 Å². The molecule has 0 saturated carbocycles. The number of rotatable bonds is 2. The van der Waals surface area contributed by atoms with Crippen molar-refractivity contribution >= 4 is 40.6 Å². The highest BCUT2D eigenvalue weighted by molar-refractivity contribution is 7.17. The van der Waals surface area contributed by atoms with Crippen LogP contribution < -0.4 is 0 Å². The van der Waals surface area contributed by atoms with E-state index in [0.717, 1.165) is 10.5 Å². The lowest BCUT2D eigenvalue weighted by Gasteiger charge is -1.91. The van der Waals surface area contributed by atoms with Crippen molar-refractivity contribution in [3.05, 3.63) is 20.1 Å². The first-order valence-corrected chi connectivity index (χ1v) is 4.80. The van der Waals surface area contributed by atoms with E-state index in [1.807, 2.05) is 6.92 Å². The first-order chi connectivity index (χ1) is 5.63. The smallest absolute Gasteiger partial charge is 0.185 e. The Morgan fingerprint density at radius 2 is 2.33 bits per heavy atom. The molecule has 0 aromatic carbocycles. The van der Waals surface area contributed by atoms with E-state index in [1.54, 1.807) is 6.08 Å². The molecule has 1 rings (SSSR count). The van der Waals surface area contributed by atoms with E-state index >= 15 is 0 Å². The Hall–Kier alpha value is -0.0900. The third-order valence-corrected chi connectivity index (χ3v) is 2.72. The lowest BCUT2D eigenvalue weighted by Crippen LogP contribution is -1.82. The maximum absolute atomic E-state index is 8.73. The van der Waals surface area contributed by atoms with E-state index in [-0.39, 0.29) is 6.61 Å². The number of aliphatic hydroxyl groups excluding tert-OH is 1. The molecule has 1 N–H and O–H groups in total. The quantitative estimate of drug-likeness (QED) is 0.837. The van der Waals surface area contributed by atoms with Crippen molar-refractivity contribution in [3.8, 4) is 0 Å². The van der Waals surface area contributed by atoms with Crippen LogP contribution in [-0.4, -0.2) is 16.7 Å². The van der Waals surface area contributed by atoms with Crippen LogP contribution in [0.15, 0.2) is 5.57 Å². The van der Waals surface area contributed by atoms with Gasteiger partial charge in [-0.15, -0.1) is 11.3 Å². The van der Waals surface area contributed by atoms with Gasteiger partial charge in [-0.1, -0.05) is 23.2 Å². The highest BCUT2D eigenvalue weighted by atomic mass is 35.5. The van der Waals surface area contributed by atoms with Gasteiger partial charge < -0.3 is 5.11 Å². The van der Waals surface area contributed by atoms with Crippen LogP contribution in [0.3, 0.4) is 0 Å². The van der Waals surface area contributed by atoms with Crippen LogP contribution in [0.5, 0.6) is 0 Å². The van der Waals surface area contributed by atoms with Crippen molar-refractivity contribution in [1.82, 2.24) is 4.98 Å². The molecule has 0 aliphatic heterocycles. The normalized spacial score (nSPS) is 12.2. The summed E-state index contributed by atoms with van der Waals surface area (Å²) in [4.78, 5) is 4.61. The molecule has 12 heavy (non-hydrogen) atoms. The number of aromatic nitrogens is 1. The number of hydrogen-bond acceptors (Lipinski definition) is 3. The highest BCUT2D eigenvalue weighted by Gasteiger charge is 2.04. The average Bonchev–Trinajstić information content (AvgIpc) is 2.30. The van der Waals surface area contributed by atoms with Gasteiger partial charge in [0.1, 0.15) is 5.15 Å². The summed E-state index contributed by atoms with van der Waals surface area (Å²) in [6, 6.07) is 0. The summed E-state index contributed by atoms with van der Waals surface area (Å²) in [6.45, 7) is 1.83. The minimum absolute atomic E-state index is 0.0197. The fourth-order valence-electron chi connectivity index (χ4n) is 0.646. The zero-order valence-corrected chi connectivity index (χ0v) is 8.67. The van der Waals surface area contributed by atoms with Gasteiger partial charge in [-0.3, -0.25) is 0 Å². The van der Waals surface area contributed by atoms with Gasteiger partial charge in [0.25, 0.3) is 0 Å². The molecule has 2 nitrogen and oxygen atoms in total. The van der Waals surface area contributed by atoms with Gasteiger partial charge in [0.05, 0.1) is 11.5 Å². The second-order valence-electron chi connectivity index (χ2n) is 2.27. The molecule has 0 saturated heterocycles. The number of aliphatic hydroxyl groups is 1. The minimum atomic E-state index is 0.0197. The van der Waals surface area contributed by atoms with E-state index < -0.39 is 0 Å². The SMILES string of the molecule is CC(=Cc1sc(Cl)nc1Cl)CO. The Balaban J connectivity index is 2.95. The Bertz CT molecular complexity index is 308. The molecule has 0 fully saturated rings. The molecule has 1 aromatic heterocycles. The number of thiazole rings is 1. The Morgan fingerprint density at radius 1 is 1.67 bits per heavy atom. The molecule has 0 radical (unpaired) electrons. The van der Waals surface area contributed by atoms with E-state index in [2.05, 4.69) is 4.98 Å². The lowest BCUT2D eigenvalue weighted by molar-refractivity contribution is 0.332. The molecule has 0 atom stereocenters. The van der Waals surface area contributed by atoms with Crippen molar-refractivity contribution < 1.29 is 5.11 Å². The molecular formula is C7H7Cl2NOS. The van der Waals surface area contributed by atoms with Crippen molar-refractivity contribution in [1.29, 1.82) is 0 Å². The van der Waals surface area contributed by atoms with Gasteiger partial charge in [-0.25, -0.2) is 4.98 Å². The summed E-state index contributed by atoms with van der Waals surface area (Å²) in [6.07, 6.45) is 1.77. The van der Waals surface area contributed by atoms with Crippen molar-refractivity contribution in [2.75, 3.05) is 6.61 Å². The van der Waals surface area contributed by atoms with Crippen LogP contribution in [0.25, 0.3) is 6.08 Å². The molecule has 1 aromatic rings. The van der Waals surface area contributed by atoms with Gasteiger partial charge in [-0.2, -0.15) is 0 Å². The average molecular weight is 224 g/mol. The zero-order valence-electron chi connectivity index (χ0n) is 6.34. The van der Waals surface area contributed by atoms with Gasteiger partial charge in [0.2, 0.25) is 0 Å². The van der Waals surface area contributed by atoms with Gasteiger partial charge >= 0.3 is 0 Å². The van der Waals surface area contributed by atoms with Crippen LogP contribution in [-0.2, 0) is 0 Å². The fraction of sp³-hybridized carbons (Fsp3) is 0.286. The molecular weight excluding hydrogens is 217 g/mol. The summed E-state index contributed by atoms with van der Waals surface area (Å²) in [5.41, 5.74) is 0.831. The second kappa shape index (κ2) is 4.23. The third-order valence-electron chi connectivity index (χ3n) is 1.21. The summed E-state index contributed by atoms with van der Waals surface area (Å²) >= 11 is 12.7. The summed E-state index contributed by atoms with van der Waals surface area (Å²) in [5.74, 6) is 0. The minimum Gasteiger partial charge on any atom is -0.392 e. The standard InChI is InChI=1S/C7H7Cl2NOS/c1-4(3-11)2-5-6(8)10-7(9)12-5/h2,11H,3H2,1H3. The Kier molecular flexibility index (Phi) is 3.53. The fourth-order valence-corrected chi connectivity index (χ4v) is 2.04. The van der Waals surface area contributed by atoms with Crippen LogP contribution in [0.1, 0.15) is 11.8 Å². The lowest BCUT2D eigenvalue weighted by atomic mass is 10.3. The topological polar surface area (TPSA) is 33.1 Å². The molecule has 0 spiro atoms. The molecule has 0 unspecified atom stereocenters. The maximum atomic E-state index is 8.73. The number of nitrogens with zero attached hydrogens (tertiary/aromatic N) is 1. The first-order valence-electron chi connectivity index (χ1n) is 3.23. The Morgan fingerprint density at radius 3 is 2.75 bits per heavy atom. The van der Waals surface area contributed by atoms with Crippen LogP contribution in [0, 0.1) is 0 Å². The van der Waals surface area contributed by atoms with Gasteiger partial charge in [0.15, 0.2) is 4.47 Å². The Labute approximate surface area is 84.5 Å². The van der Waals surface area contributed by atoms with Crippen molar-refractivity contribution in [3.63, 3.8) is 0 Å². The van der Waals surface area contributed by atoms with Crippen LogP contribution >= 0.6 is 34.5 Å². The predicted molar refractivity (Wildman–Crippen MR) is 52.9 cm³/mol. The summed E-state index contributed by atoms with van der Waals surface area (Å²) < 4.78 is 0.414. The van der Waals surface area contributed by atoms with Crippen molar-refractivity contribution in [2.45, 2.75) is 6.92 Å². The van der Waals surface area contributed by atoms with E-state index in [1.165, 1.54) is 11.3 Å². The molecule has 0 bridgehead atoms. The van der Waals surface area contributed by atoms with Gasteiger partial charge in [-0.05, 0) is 18.6 Å². The zero-order chi connectivity index (χ0) is 9.14. The second-order valence-corrected chi connectivity index (χ2v) is 4.24. The number of hydrogen-bond donors (Lipinski definition) is 1. The summed E-state index contributed by atoms with van der Waals surface area (Å²) in [5, 5.41) is 9.12. The molecule has 5 heteroatoms. The van der Waals surface area contributed by atoms with Crippen LogP contribution in [0.2, 0.25) is 9.62 Å². The van der Waals surface area contributed by atoms with Gasteiger partial charge in [0, 0.05) is 0 Å². The number of halogens is 2. The summed E-state index contributed by atoms with van der Waals surface area (Å²) in [7, 11) is 0. The highest BCUT2D eigenvalue weighted by Crippen LogP contribution is 2.28. The molecule has 0 amide bonds. The molecule has 0 aliphatic carbocycles. The predicted octanol–water partition coefficient (Wildman–Crippen LogP) is 2.85. The maximum Gasteiger partial charge on any atom is 0.185 e. The molecule has 66 valence electrons. The van der Waals surface area contributed by atoms with E-state index in [9.17, 15) is 0 Å². The largest absolute Gasteiger partial charge is 0.392 e. The molecule has 0 aliphatic rings. The van der Waals surface area contributed by atoms with E-state index in [4.69, 9.17) is 28.3 Å². The third kappa shape index (κ3) is 2.45. The van der Waals surface area contributed by atoms with E-state index in [0.29, 0.717) is 9.62 Å². The first kappa shape index (κ1) is 9.99. The molecule has 1 heterocycles. The van der Waals surface area contributed by atoms with Crippen LogP contribution in [0.4, 0.5) is 0 Å².